The van der Waals surface area contributed by atoms with Crippen LogP contribution in [0.1, 0.15) is 0 Å². The van der Waals surface area contributed by atoms with Gasteiger partial charge in [0.15, 0.2) is 17.5 Å². The number of para-hydroxylation sites is 2. The average molecular weight is 809 g/mol. The van der Waals surface area contributed by atoms with Crippen LogP contribution in [0, 0.1) is 0 Å². The van der Waals surface area contributed by atoms with Crippen LogP contribution in [0.4, 0.5) is 0 Å². The van der Waals surface area contributed by atoms with E-state index in [9.17, 15) is 0 Å². The second-order valence-electron chi connectivity index (χ2n) is 15.6. The normalized spacial score (nSPS) is 11.5. The van der Waals surface area contributed by atoms with Crippen LogP contribution in [-0.2, 0) is 0 Å². The molecule has 5 heteroatoms. The Bertz CT molecular complexity index is 3550. The maximum Gasteiger partial charge on any atom is 0.166 e. The van der Waals surface area contributed by atoms with E-state index in [-0.39, 0.29) is 0 Å². The summed E-state index contributed by atoms with van der Waals surface area (Å²) < 4.78 is 4.97. The van der Waals surface area contributed by atoms with Gasteiger partial charge in [-0.2, -0.15) is 0 Å². The van der Waals surface area contributed by atoms with Crippen molar-refractivity contribution in [3.05, 3.63) is 218 Å². The fraction of sp³-hybridized carbons (Fsp3) is 0. The quantitative estimate of drug-likeness (QED) is 0.161. The summed E-state index contributed by atoms with van der Waals surface area (Å²) in [6, 6.07) is 77.5. The van der Waals surface area contributed by atoms with Gasteiger partial charge in [0, 0.05) is 47.6 Å². The lowest BCUT2D eigenvalue weighted by atomic mass is 9.98. The molecule has 0 atom stereocenters. The van der Waals surface area contributed by atoms with E-state index in [2.05, 4.69) is 205 Å². The van der Waals surface area contributed by atoms with Crippen molar-refractivity contribution >= 4 is 53.3 Å². The number of thiophene rings is 1. The Morgan fingerprint density at radius 1 is 0.290 bits per heavy atom. The van der Waals surface area contributed by atoms with Gasteiger partial charge in [-0.1, -0.05) is 182 Å². The van der Waals surface area contributed by atoms with E-state index in [1.165, 1.54) is 47.6 Å². The molecule has 0 aliphatic rings. The summed E-state index contributed by atoms with van der Waals surface area (Å²) >= 11 is 1.84. The minimum Gasteiger partial charge on any atom is -0.308 e. The number of benzene rings is 9. The molecule has 0 amide bonds. The molecule has 62 heavy (non-hydrogen) atoms. The van der Waals surface area contributed by atoms with Crippen LogP contribution in [-0.4, -0.2) is 19.5 Å². The lowest BCUT2D eigenvalue weighted by molar-refractivity contribution is 1.06. The Hall–Kier alpha value is -7.99. The zero-order valence-corrected chi connectivity index (χ0v) is 34.3. The van der Waals surface area contributed by atoms with Gasteiger partial charge in [-0.3, -0.25) is 0 Å². The first kappa shape index (κ1) is 35.9. The van der Waals surface area contributed by atoms with Gasteiger partial charge in [-0.25, -0.2) is 15.0 Å². The van der Waals surface area contributed by atoms with Crippen LogP contribution in [0.2, 0.25) is 0 Å². The lowest BCUT2D eigenvalue weighted by Gasteiger charge is -2.16. The van der Waals surface area contributed by atoms with E-state index in [1.54, 1.807) is 0 Å². The summed E-state index contributed by atoms with van der Waals surface area (Å²) in [5, 5.41) is 4.99. The average Bonchev–Trinajstić information content (AvgIpc) is 3.90. The summed E-state index contributed by atoms with van der Waals surface area (Å²) in [6.07, 6.45) is 0. The highest BCUT2D eigenvalue weighted by atomic mass is 32.1. The van der Waals surface area contributed by atoms with Crippen molar-refractivity contribution in [3.63, 3.8) is 0 Å². The van der Waals surface area contributed by atoms with Crippen molar-refractivity contribution in [1.29, 1.82) is 0 Å². The highest BCUT2D eigenvalue weighted by Crippen LogP contribution is 2.40. The molecule has 4 nitrogen and oxygen atoms in total. The molecule has 0 fully saturated rings. The molecule has 0 aliphatic carbocycles. The van der Waals surface area contributed by atoms with Crippen molar-refractivity contribution in [3.8, 4) is 73.2 Å². The first-order chi connectivity index (χ1) is 30.7. The molecule has 0 bridgehead atoms. The predicted molar refractivity (Wildman–Crippen MR) is 260 cm³/mol. The van der Waals surface area contributed by atoms with E-state index in [0.717, 1.165) is 50.1 Å². The Morgan fingerprint density at radius 3 is 1.35 bits per heavy atom. The van der Waals surface area contributed by atoms with Gasteiger partial charge < -0.3 is 4.57 Å². The number of rotatable bonds is 7. The molecule has 0 aliphatic heterocycles. The van der Waals surface area contributed by atoms with Gasteiger partial charge in [0.2, 0.25) is 0 Å². The SMILES string of the molecule is c1ccc(-c2ccc(-c3ccc(-c4nc(-c5ccccc5)nc(-c5ccc(-c6ccc7c(c6)sc6ccccc67)cc5)n4)c(-n4c5ccccc5c5ccccc54)c3)cc2)cc1. The van der Waals surface area contributed by atoms with Crippen LogP contribution in [0.25, 0.3) is 115 Å². The Kier molecular flexibility index (Phi) is 8.65. The molecular formula is C57H36N4S. The Balaban J connectivity index is 1.02. The van der Waals surface area contributed by atoms with Crippen LogP contribution < -0.4 is 0 Å². The fourth-order valence-electron chi connectivity index (χ4n) is 8.81. The first-order valence-corrected chi connectivity index (χ1v) is 21.7. The molecule has 12 rings (SSSR count). The Morgan fingerprint density at radius 2 is 0.710 bits per heavy atom. The molecule has 0 unspecified atom stereocenters. The lowest BCUT2D eigenvalue weighted by Crippen LogP contribution is -2.04. The molecule has 0 saturated carbocycles. The molecule has 290 valence electrons. The third-order valence-electron chi connectivity index (χ3n) is 11.9. The third kappa shape index (κ3) is 6.26. The molecule has 12 aromatic rings. The monoisotopic (exact) mass is 808 g/mol. The zero-order chi connectivity index (χ0) is 41.0. The molecule has 3 aromatic heterocycles. The highest BCUT2D eigenvalue weighted by Gasteiger charge is 2.20. The number of hydrogen-bond acceptors (Lipinski definition) is 4. The van der Waals surface area contributed by atoms with Crippen molar-refractivity contribution < 1.29 is 0 Å². The van der Waals surface area contributed by atoms with Gasteiger partial charge in [-0.05, 0) is 69.8 Å². The molecule has 9 aromatic carbocycles. The predicted octanol–water partition coefficient (Wildman–Crippen LogP) is 15.3. The van der Waals surface area contributed by atoms with E-state index >= 15 is 0 Å². The van der Waals surface area contributed by atoms with E-state index in [0.29, 0.717) is 17.5 Å². The molecule has 3 heterocycles. The number of aromatic nitrogens is 4. The highest BCUT2D eigenvalue weighted by molar-refractivity contribution is 7.25. The summed E-state index contributed by atoms with van der Waals surface area (Å²) in [4.78, 5) is 15.7. The van der Waals surface area contributed by atoms with Gasteiger partial charge in [0.25, 0.3) is 0 Å². The smallest absolute Gasteiger partial charge is 0.166 e. The second kappa shape index (κ2) is 14.9. The van der Waals surface area contributed by atoms with Crippen molar-refractivity contribution in [2.75, 3.05) is 0 Å². The summed E-state index contributed by atoms with van der Waals surface area (Å²) in [6.45, 7) is 0. The summed E-state index contributed by atoms with van der Waals surface area (Å²) in [5.41, 5.74) is 12.9. The maximum absolute atomic E-state index is 5.31. The number of hydrogen-bond donors (Lipinski definition) is 0. The van der Waals surface area contributed by atoms with Crippen molar-refractivity contribution in [1.82, 2.24) is 19.5 Å². The second-order valence-corrected chi connectivity index (χ2v) is 16.7. The van der Waals surface area contributed by atoms with Gasteiger partial charge in [0.1, 0.15) is 0 Å². The number of fused-ring (bicyclic) bond motifs is 6. The maximum atomic E-state index is 5.31. The fourth-order valence-corrected chi connectivity index (χ4v) is 9.96. The van der Waals surface area contributed by atoms with Gasteiger partial charge in [-0.15, -0.1) is 11.3 Å². The number of nitrogens with zero attached hydrogens (tertiary/aromatic N) is 4. The van der Waals surface area contributed by atoms with Crippen LogP contribution in [0.5, 0.6) is 0 Å². The van der Waals surface area contributed by atoms with E-state index < -0.39 is 0 Å². The third-order valence-corrected chi connectivity index (χ3v) is 13.0. The minimum atomic E-state index is 0.607. The molecule has 0 radical (unpaired) electrons. The van der Waals surface area contributed by atoms with E-state index in [1.807, 2.05) is 29.5 Å². The summed E-state index contributed by atoms with van der Waals surface area (Å²) in [5.74, 6) is 1.85. The van der Waals surface area contributed by atoms with E-state index in [4.69, 9.17) is 15.0 Å². The van der Waals surface area contributed by atoms with Crippen LogP contribution in [0.15, 0.2) is 218 Å². The first-order valence-electron chi connectivity index (χ1n) is 20.8. The summed E-state index contributed by atoms with van der Waals surface area (Å²) in [7, 11) is 0. The minimum absolute atomic E-state index is 0.607. The largest absolute Gasteiger partial charge is 0.308 e. The van der Waals surface area contributed by atoms with Crippen LogP contribution in [0.3, 0.4) is 0 Å². The molecule has 0 spiro atoms. The molecule has 0 saturated heterocycles. The molecular weight excluding hydrogens is 773 g/mol. The van der Waals surface area contributed by atoms with Crippen LogP contribution >= 0.6 is 11.3 Å². The zero-order valence-electron chi connectivity index (χ0n) is 33.5. The van der Waals surface area contributed by atoms with Crippen molar-refractivity contribution in [2.24, 2.45) is 0 Å². The molecule has 0 N–H and O–H groups in total. The van der Waals surface area contributed by atoms with Gasteiger partial charge in [0.05, 0.1) is 16.7 Å². The topological polar surface area (TPSA) is 43.6 Å². The standard InChI is InChI=1S/C57H36N4S/c1-3-13-37(14-4-1)38-23-25-39(26-24-38)43-32-34-49(52(35-43)61-50-20-10-7-17-45(50)46-18-8-11-21-51(46)61)57-59-55(41-15-5-2-6-16-41)58-56(60-57)42-29-27-40(28-30-42)44-31-33-48-47-19-9-12-22-53(47)62-54(48)36-44/h1-36H. The van der Waals surface area contributed by atoms with Crippen molar-refractivity contribution in [2.45, 2.75) is 0 Å². The van der Waals surface area contributed by atoms with Gasteiger partial charge >= 0.3 is 0 Å². The Labute approximate surface area is 362 Å².